The SMILES string of the molecule is CCCOc1nc(Cl)nc(Sc2cccc(C)c2)n1. The van der Waals surface area contributed by atoms with Crippen molar-refractivity contribution in [3.05, 3.63) is 35.1 Å². The minimum atomic E-state index is 0.149. The minimum absolute atomic E-state index is 0.149. The van der Waals surface area contributed by atoms with Crippen LogP contribution in [0.25, 0.3) is 0 Å². The van der Waals surface area contributed by atoms with Gasteiger partial charge in [0.15, 0.2) is 5.16 Å². The molecule has 19 heavy (non-hydrogen) atoms. The second-order valence-electron chi connectivity index (χ2n) is 3.94. The summed E-state index contributed by atoms with van der Waals surface area (Å²) in [6, 6.07) is 8.38. The number of rotatable bonds is 5. The van der Waals surface area contributed by atoms with Crippen LogP contribution in [-0.2, 0) is 0 Å². The van der Waals surface area contributed by atoms with Crippen molar-refractivity contribution < 1.29 is 4.74 Å². The van der Waals surface area contributed by atoms with Gasteiger partial charge in [0.25, 0.3) is 0 Å². The van der Waals surface area contributed by atoms with Crippen molar-refractivity contribution in [3.63, 3.8) is 0 Å². The van der Waals surface area contributed by atoms with Gasteiger partial charge in [-0.2, -0.15) is 15.0 Å². The van der Waals surface area contributed by atoms with Gasteiger partial charge in [0.2, 0.25) is 5.28 Å². The molecule has 0 saturated carbocycles. The molecule has 0 N–H and O–H groups in total. The van der Waals surface area contributed by atoms with Crippen molar-refractivity contribution in [1.29, 1.82) is 0 Å². The number of nitrogens with zero attached hydrogens (tertiary/aromatic N) is 3. The molecular formula is C13H14ClN3OS. The lowest BCUT2D eigenvalue weighted by Crippen LogP contribution is -2.02. The van der Waals surface area contributed by atoms with Crippen LogP contribution in [-0.4, -0.2) is 21.6 Å². The fraction of sp³-hybridized carbons (Fsp3) is 0.308. The summed E-state index contributed by atoms with van der Waals surface area (Å²) in [6.07, 6.45) is 0.893. The van der Waals surface area contributed by atoms with E-state index in [-0.39, 0.29) is 11.3 Å². The standard InChI is InChI=1S/C13H14ClN3OS/c1-3-7-18-12-15-11(14)16-13(17-12)19-10-6-4-5-9(2)8-10/h4-6,8H,3,7H2,1-2H3. The van der Waals surface area contributed by atoms with E-state index in [1.807, 2.05) is 32.0 Å². The molecule has 1 aromatic carbocycles. The zero-order chi connectivity index (χ0) is 13.7. The molecule has 0 atom stereocenters. The maximum atomic E-state index is 5.87. The molecule has 0 bridgehead atoms. The van der Waals surface area contributed by atoms with Crippen molar-refractivity contribution in [2.75, 3.05) is 6.61 Å². The fourth-order valence-electron chi connectivity index (χ4n) is 1.40. The van der Waals surface area contributed by atoms with E-state index in [0.29, 0.717) is 11.8 Å². The highest BCUT2D eigenvalue weighted by Crippen LogP contribution is 2.26. The highest BCUT2D eigenvalue weighted by Gasteiger charge is 2.07. The quantitative estimate of drug-likeness (QED) is 0.840. The first-order valence-electron chi connectivity index (χ1n) is 5.96. The van der Waals surface area contributed by atoms with Crippen molar-refractivity contribution in [1.82, 2.24) is 15.0 Å². The lowest BCUT2D eigenvalue weighted by Gasteiger charge is -2.05. The number of halogens is 1. The molecule has 0 spiro atoms. The third kappa shape index (κ3) is 4.36. The maximum absolute atomic E-state index is 5.87. The summed E-state index contributed by atoms with van der Waals surface area (Å²) in [7, 11) is 0. The van der Waals surface area contributed by atoms with Gasteiger partial charge in [-0.1, -0.05) is 24.6 Å². The van der Waals surface area contributed by atoms with Crippen LogP contribution >= 0.6 is 23.4 Å². The van der Waals surface area contributed by atoms with Gasteiger partial charge in [-0.05, 0) is 48.8 Å². The smallest absolute Gasteiger partial charge is 0.321 e. The molecule has 0 aliphatic rings. The van der Waals surface area contributed by atoms with Gasteiger partial charge in [0.05, 0.1) is 6.61 Å². The van der Waals surface area contributed by atoms with E-state index < -0.39 is 0 Å². The number of benzene rings is 1. The molecule has 0 aliphatic heterocycles. The number of aryl methyl sites for hydroxylation is 1. The predicted molar refractivity (Wildman–Crippen MR) is 75.9 cm³/mol. The summed E-state index contributed by atoms with van der Waals surface area (Å²) in [4.78, 5) is 13.3. The average Bonchev–Trinajstić information content (AvgIpc) is 2.35. The lowest BCUT2D eigenvalue weighted by molar-refractivity contribution is 0.288. The Morgan fingerprint density at radius 2 is 2.11 bits per heavy atom. The molecule has 0 aliphatic carbocycles. The summed E-state index contributed by atoms with van der Waals surface area (Å²) in [5.74, 6) is 0. The summed E-state index contributed by atoms with van der Waals surface area (Å²) < 4.78 is 5.38. The lowest BCUT2D eigenvalue weighted by atomic mass is 10.2. The van der Waals surface area contributed by atoms with Crippen LogP contribution in [0.2, 0.25) is 5.28 Å². The largest absolute Gasteiger partial charge is 0.463 e. The van der Waals surface area contributed by atoms with Gasteiger partial charge in [0.1, 0.15) is 0 Å². The van der Waals surface area contributed by atoms with E-state index in [2.05, 4.69) is 21.0 Å². The zero-order valence-electron chi connectivity index (χ0n) is 10.8. The first-order valence-corrected chi connectivity index (χ1v) is 7.15. The highest BCUT2D eigenvalue weighted by molar-refractivity contribution is 7.99. The van der Waals surface area contributed by atoms with Crippen LogP contribution < -0.4 is 4.74 Å². The molecule has 4 nitrogen and oxygen atoms in total. The van der Waals surface area contributed by atoms with Crippen LogP contribution in [0.1, 0.15) is 18.9 Å². The van der Waals surface area contributed by atoms with Gasteiger partial charge in [-0.25, -0.2) is 0 Å². The van der Waals surface area contributed by atoms with Gasteiger partial charge in [-0.15, -0.1) is 0 Å². The second-order valence-corrected chi connectivity index (χ2v) is 5.32. The number of aromatic nitrogens is 3. The average molecular weight is 296 g/mol. The van der Waals surface area contributed by atoms with Gasteiger partial charge in [0, 0.05) is 4.90 Å². The zero-order valence-corrected chi connectivity index (χ0v) is 12.3. The van der Waals surface area contributed by atoms with E-state index in [1.165, 1.54) is 17.3 Å². The molecule has 0 unspecified atom stereocenters. The highest BCUT2D eigenvalue weighted by atomic mass is 35.5. The Balaban J connectivity index is 2.17. The van der Waals surface area contributed by atoms with Gasteiger partial charge < -0.3 is 4.74 Å². The Kier molecular flexibility index (Phi) is 4.99. The monoisotopic (exact) mass is 295 g/mol. The van der Waals surface area contributed by atoms with Crippen molar-refractivity contribution in [3.8, 4) is 6.01 Å². The van der Waals surface area contributed by atoms with E-state index >= 15 is 0 Å². The Morgan fingerprint density at radius 3 is 2.84 bits per heavy atom. The van der Waals surface area contributed by atoms with Crippen LogP contribution in [0.4, 0.5) is 0 Å². The van der Waals surface area contributed by atoms with Crippen LogP contribution in [0.3, 0.4) is 0 Å². The van der Waals surface area contributed by atoms with Crippen molar-refractivity contribution in [2.45, 2.75) is 30.3 Å². The molecule has 1 heterocycles. The molecule has 2 rings (SSSR count). The van der Waals surface area contributed by atoms with E-state index in [9.17, 15) is 0 Å². The summed E-state index contributed by atoms with van der Waals surface area (Å²) in [5.41, 5.74) is 1.19. The summed E-state index contributed by atoms with van der Waals surface area (Å²) >= 11 is 7.31. The normalized spacial score (nSPS) is 10.5. The van der Waals surface area contributed by atoms with E-state index in [1.54, 1.807) is 0 Å². The van der Waals surface area contributed by atoms with Crippen LogP contribution in [0.15, 0.2) is 34.3 Å². The molecule has 2 aromatic rings. The first kappa shape index (κ1) is 14.1. The molecule has 1 aromatic heterocycles. The van der Waals surface area contributed by atoms with Crippen LogP contribution in [0.5, 0.6) is 6.01 Å². The van der Waals surface area contributed by atoms with Crippen LogP contribution in [0, 0.1) is 6.92 Å². The molecule has 100 valence electrons. The number of hydrogen-bond donors (Lipinski definition) is 0. The van der Waals surface area contributed by atoms with Crippen molar-refractivity contribution >= 4 is 23.4 Å². The molecule has 0 radical (unpaired) electrons. The predicted octanol–water partition coefficient (Wildman–Crippen LogP) is 3.77. The maximum Gasteiger partial charge on any atom is 0.321 e. The van der Waals surface area contributed by atoms with Crippen molar-refractivity contribution in [2.24, 2.45) is 0 Å². The second kappa shape index (κ2) is 6.73. The van der Waals surface area contributed by atoms with Gasteiger partial charge >= 0.3 is 6.01 Å². The Labute approximate surface area is 121 Å². The topological polar surface area (TPSA) is 47.9 Å². The fourth-order valence-corrected chi connectivity index (χ4v) is 2.46. The minimum Gasteiger partial charge on any atom is -0.463 e. The molecule has 0 fully saturated rings. The Bertz CT molecular complexity index is 565. The summed E-state index contributed by atoms with van der Waals surface area (Å²) in [5, 5.41) is 0.688. The third-order valence-electron chi connectivity index (χ3n) is 2.20. The number of ether oxygens (including phenoxy) is 1. The molecule has 0 amide bonds. The van der Waals surface area contributed by atoms with E-state index in [0.717, 1.165) is 11.3 Å². The Hall–Kier alpha value is -1.33. The first-order chi connectivity index (χ1) is 9.17. The molecule has 6 heteroatoms. The molecule has 0 saturated heterocycles. The Morgan fingerprint density at radius 1 is 1.26 bits per heavy atom. The van der Waals surface area contributed by atoms with Gasteiger partial charge in [-0.3, -0.25) is 0 Å². The van der Waals surface area contributed by atoms with E-state index in [4.69, 9.17) is 16.3 Å². The number of hydrogen-bond acceptors (Lipinski definition) is 5. The molecular weight excluding hydrogens is 282 g/mol. The summed E-state index contributed by atoms with van der Waals surface area (Å²) in [6.45, 7) is 4.63. The third-order valence-corrected chi connectivity index (χ3v) is 3.22.